The average molecular weight is 231 g/mol. The lowest BCUT2D eigenvalue weighted by Crippen LogP contribution is -2.55. The first-order valence-corrected chi connectivity index (χ1v) is 6.24. The van der Waals surface area contributed by atoms with Crippen molar-refractivity contribution in [2.24, 2.45) is 5.73 Å². The highest BCUT2D eigenvalue weighted by Gasteiger charge is 2.50. The first-order valence-electron chi connectivity index (χ1n) is 6.24. The second-order valence-corrected chi connectivity index (χ2v) is 5.36. The van der Waals surface area contributed by atoms with Gasteiger partial charge in [-0.2, -0.15) is 0 Å². The van der Waals surface area contributed by atoms with Crippen molar-refractivity contribution in [3.63, 3.8) is 0 Å². The number of aliphatic carboxylic acids is 1. The van der Waals surface area contributed by atoms with Gasteiger partial charge in [-0.25, -0.2) is 0 Å². The molecule has 0 spiro atoms. The summed E-state index contributed by atoms with van der Waals surface area (Å²) in [7, 11) is 0. The minimum atomic E-state index is -1.06. The number of carboxylic acid groups (broad SMARTS) is 1. The maximum absolute atomic E-state index is 11.5. The van der Waals surface area contributed by atoms with Crippen LogP contribution in [-0.4, -0.2) is 16.6 Å². The van der Waals surface area contributed by atoms with Gasteiger partial charge in [0, 0.05) is 5.92 Å². The van der Waals surface area contributed by atoms with Crippen molar-refractivity contribution in [2.45, 2.75) is 43.1 Å². The summed E-state index contributed by atoms with van der Waals surface area (Å²) in [6.45, 7) is 0. The smallest absolute Gasteiger partial charge is 0.324 e. The molecule has 90 valence electrons. The molecular formula is C14H17NO2. The minimum Gasteiger partial charge on any atom is -0.480 e. The van der Waals surface area contributed by atoms with Crippen LogP contribution in [0.2, 0.25) is 0 Å². The number of benzene rings is 1. The predicted octanol–water partition coefficient (Wildman–Crippen LogP) is 2.22. The third-order valence-corrected chi connectivity index (χ3v) is 4.46. The van der Waals surface area contributed by atoms with Crippen molar-refractivity contribution in [3.05, 3.63) is 35.4 Å². The topological polar surface area (TPSA) is 63.3 Å². The van der Waals surface area contributed by atoms with Gasteiger partial charge in [0.25, 0.3) is 0 Å². The highest BCUT2D eigenvalue weighted by molar-refractivity contribution is 5.81. The highest BCUT2D eigenvalue weighted by atomic mass is 16.4. The lowest BCUT2D eigenvalue weighted by atomic mass is 9.67. The third-order valence-electron chi connectivity index (χ3n) is 4.46. The molecule has 3 heteroatoms. The fraction of sp³-hybridized carbons (Fsp3) is 0.500. The van der Waals surface area contributed by atoms with E-state index in [2.05, 4.69) is 12.1 Å². The fourth-order valence-electron chi connectivity index (χ4n) is 3.61. The lowest BCUT2D eigenvalue weighted by Gasteiger charge is -2.40. The summed E-state index contributed by atoms with van der Waals surface area (Å²) in [6.07, 6.45) is 3.64. The second-order valence-electron chi connectivity index (χ2n) is 5.36. The van der Waals surface area contributed by atoms with Gasteiger partial charge >= 0.3 is 5.97 Å². The molecule has 3 nitrogen and oxygen atoms in total. The van der Waals surface area contributed by atoms with E-state index >= 15 is 0 Å². The first-order chi connectivity index (χ1) is 8.13. The van der Waals surface area contributed by atoms with Crippen LogP contribution >= 0.6 is 0 Å². The summed E-state index contributed by atoms with van der Waals surface area (Å²) in [5.74, 6) is -0.537. The van der Waals surface area contributed by atoms with Gasteiger partial charge in [-0.1, -0.05) is 30.7 Å². The standard InChI is InChI=1S/C14H17NO2/c15-14(13(16)17)8-9-4-3-7-12(14)11-6-2-1-5-10(9)11/h1-2,5-6,9,12H,3-4,7-8,15H2,(H,16,17)/t9-,12-,14-/m0/s1. The van der Waals surface area contributed by atoms with Crippen LogP contribution in [0, 0.1) is 0 Å². The molecule has 1 aromatic carbocycles. The molecule has 0 saturated heterocycles. The Kier molecular flexibility index (Phi) is 2.26. The Morgan fingerprint density at radius 3 is 2.71 bits per heavy atom. The molecule has 3 aliphatic carbocycles. The van der Waals surface area contributed by atoms with Crippen molar-refractivity contribution < 1.29 is 9.90 Å². The van der Waals surface area contributed by atoms with Gasteiger partial charge in [0.1, 0.15) is 5.54 Å². The number of carboxylic acids is 1. The fourth-order valence-corrected chi connectivity index (χ4v) is 3.61. The number of carbonyl (C=O) groups is 1. The minimum absolute atomic E-state index is 0.0186. The summed E-state index contributed by atoms with van der Waals surface area (Å²) in [5.41, 5.74) is 7.65. The molecule has 3 N–H and O–H groups in total. The van der Waals surface area contributed by atoms with Gasteiger partial charge in [-0.3, -0.25) is 4.79 Å². The Balaban J connectivity index is 2.18. The summed E-state index contributed by atoms with van der Waals surface area (Å²) >= 11 is 0. The van der Waals surface area contributed by atoms with Crippen LogP contribution in [0.25, 0.3) is 0 Å². The first kappa shape index (κ1) is 10.8. The number of rotatable bonds is 1. The van der Waals surface area contributed by atoms with E-state index in [0.29, 0.717) is 12.3 Å². The van der Waals surface area contributed by atoms with Crippen molar-refractivity contribution in [1.29, 1.82) is 0 Å². The molecule has 0 unspecified atom stereocenters. The monoisotopic (exact) mass is 231 g/mol. The maximum atomic E-state index is 11.5. The molecule has 1 saturated carbocycles. The molecule has 1 aromatic rings. The van der Waals surface area contributed by atoms with Gasteiger partial charge in [-0.05, 0) is 36.3 Å². The van der Waals surface area contributed by atoms with Crippen LogP contribution in [0.15, 0.2) is 24.3 Å². The van der Waals surface area contributed by atoms with E-state index in [1.807, 2.05) is 12.1 Å². The van der Waals surface area contributed by atoms with Crippen molar-refractivity contribution in [2.75, 3.05) is 0 Å². The Hall–Kier alpha value is -1.35. The zero-order valence-corrected chi connectivity index (χ0v) is 9.73. The predicted molar refractivity (Wildman–Crippen MR) is 64.9 cm³/mol. The van der Waals surface area contributed by atoms with Gasteiger partial charge in [0.05, 0.1) is 0 Å². The highest BCUT2D eigenvalue weighted by Crippen LogP contribution is 2.51. The SMILES string of the molecule is N[C@@]1(C(=O)O)C[C@@H]2CCC[C@H]1c1ccccc12. The molecule has 4 rings (SSSR count). The quantitative estimate of drug-likeness (QED) is 0.779. The molecule has 0 aromatic heterocycles. The average Bonchev–Trinajstić information content (AvgIpc) is 2.60. The molecule has 0 radical (unpaired) electrons. The summed E-state index contributed by atoms with van der Waals surface area (Å²) in [5, 5.41) is 9.45. The van der Waals surface area contributed by atoms with Gasteiger partial charge in [-0.15, -0.1) is 0 Å². The normalized spacial score (nSPS) is 35.1. The van der Waals surface area contributed by atoms with Gasteiger partial charge in [0.2, 0.25) is 0 Å². The van der Waals surface area contributed by atoms with E-state index in [-0.39, 0.29) is 5.92 Å². The van der Waals surface area contributed by atoms with Crippen LogP contribution < -0.4 is 5.73 Å². The van der Waals surface area contributed by atoms with Crippen molar-refractivity contribution in [3.8, 4) is 0 Å². The van der Waals surface area contributed by atoms with E-state index in [0.717, 1.165) is 19.3 Å². The molecule has 3 atom stereocenters. The van der Waals surface area contributed by atoms with E-state index < -0.39 is 11.5 Å². The number of hydrogen-bond acceptors (Lipinski definition) is 2. The molecule has 0 heterocycles. The molecule has 0 amide bonds. The molecular weight excluding hydrogens is 214 g/mol. The Morgan fingerprint density at radius 2 is 2.00 bits per heavy atom. The van der Waals surface area contributed by atoms with E-state index in [1.165, 1.54) is 11.1 Å². The summed E-state index contributed by atoms with van der Waals surface area (Å²) in [6, 6.07) is 8.22. The zero-order valence-electron chi connectivity index (χ0n) is 9.73. The zero-order chi connectivity index (χ0) is 12.0. The largest absolute Gasteiger partial charge is 0.480 e. The molecule has 3 aliphatic rings. The Labute approximate surface area is 101 Å². The Bertz CT molecular complexity index is 471. The van der Waals surface area contributed by atoms with Crippen LogP contribution in [0.3, 0.4) is 0 Å². The number of hydrogen-bond donors (Lipinski definition) is 2. The Morgan fingerprint density at radius 1 is 1.29 bits per heavy atom. The number of nitrogens with two attached hydrogens (primary N) is 1. The van der Waals surface area contributed by atoms with E-state index in [1.54, 1.807) is 0 Å². The third kappa shape index (κ3) is 1.42. The van der Waals surface area contributed by atoms with Crippen LogP contribution in [-0.2, 0) is 4.79 Å². The van der Waals surface area contributed by atoms with E-state index in [9.17, 15) is 9.90 Å². The molecule has 17 heavy (non-hydrogen) atoms. The van der Waals surface area contributed by atoms with Crippen LogP contribution in [0.5, 0.6) is 0 Å². The lowest BCUT2D eigenvalue weighted by molar-refractivity contribution is -0.145. The maximum Gasteiger partial charge on any atom is 0.324 e. The molecule has 2 bridgehead atoms. The van der Waals surface area contributed by atoms with E-state index in [4.69, 9.17) is 5.73 Å². The van der Waals surface area contributed by atoms with Gasteiger partial charge < -0.3 is 10.8 Å². The summed E-state index contributed by atoms with van der Waals surface area (Å²) < 4.78 is 0. The number of fused-ring (bicyclic) bond motifs is 3. The molecule has 0 aliphatic heterocycles. The summed E-state index contributed by atoms with van der Waals surface area (Å²) in [4.78, 5) is 11.5. The van der Waals surface area contributed by atoms with Crippen molar-refractivity contribution >= 4 is 5.97 Å². The second kappa shape index (κ2) is 3.57. The van der Waals surface area contributed by atoms with Crippen molar-refractivity contribution in [1.82, 2.24) is 0 Å². The van der Waals surface area contributed by atoms with Gasteiger partial charge in [0.15, 0.2) is 0 Å². The van der Waals surface area contributed by atoms with Crippen LogP contribution in [0.1, 0.15) is 48.6 Å². The molecule has 1 fully saturated rings. The van der Waals surface area contributed by atoms with Crippen LogP contribution in [0.4, 0.5) is 0 Å².